The van der Waals surface area contributed by atoms with E-state index < -0.39 is 15.8 Å². The summed E-state index contributed by atoms with van der Waals surface area (Å²) in [5.41, 5.74) is 0.0463. The first-order chi connectivity index (χ1) is 9.70. The Hall–Kier alpha value is -0.340. The average molecular weight is 478 g/mol. The van der Waals surface area contributed by atoms with E-state index in [1.165, 1.54) is 24.3 Å². The quantitative estimate of drug-likeness (QED) is 0.638. The Labute approximate surface area is 147 Å². The molecule has 0 fully saturated rings. The van der Waals surface area contributed by atoms with E-state index in [1.54, 1.807) is 0 Å². The van der Waals surface area contributed by atoms with Crippen LogP contribution in [0.2, 0.25) is 10.0 Å². The van der Waals surface area contributed by atoms with Crippen LogP contribution in [0.5, 0.6) is 0 Å². The summed E-state index contributed by atoms with van der Waals surface area (Å²) in [6.07, 6.45) is 0. The van der Waals surface area contributed by atoms with Crippen molar-refractivity contribution in [1.82, 2.24) is 0 Å². The molecule has 2 aromatic carbocycles. The molecule has 21 heavy (non-hydrogen) atoms. The highest BCUT2D eigenvalue weighted by Crippen LogP contribution is 2.35. The number of benzene rings is 2. The molecular formula is C12H6Br2Cl2FNO2S. The van der Waals surface area contributed by atoms with Crippen LogP contribution in [0.1, 0.15) is 0 Å². The Morgan fingerprint density at radius 3 is 2.19 bits per heavy atom. The fraction of sp³-hybridized carbons (Fsp3) is 0. The summed E-state index contributed by atoms with van der Waals surface area (Å²) in [6, 6.07) is 6.44. The van der Waals surface area contributed by atoms with E-state index in [0.29, 0.717) is 8.95 Å². The first kappa shape index (κ1) is 17.0. The molecule has 1 N–H and O–H groups in total. The fourth-order valence-corrected chi connectivity index (χ4v) is 5.04. The molecule has 112 valence electrons. The van der Waals surface area contributed by atoms with Gasteiger partial charge in [-0.05, 0) is 46.3 Å². The van der Waals surface area contributed by atoms with Crippen LogP contribution in [0.15, 0.2) is 44.2 Å². The number of halogens is 5. The zero-order valence-corrected chi connectivity index (χ0v) is 15.5. The first-order valence-electron chi connectivity index (χ1n) is 5.33. The lowest BCUT2D eigenvalue weighted by molar-refractivity contribution is 0.601. The standard InChI is InChI=1S/C12H6Br2Cl2FNO2S/c13-6-3-9(15)12(10(16)4-6)21(19,20)18-11-5-7(17)1-2-8(11)14/h1-5,18H. The van der Waals surface area contributed by atoms with Gasteiger partial charge in [-0.3, -0.25) is 4.72 Å². The summed E-state index contributed by atoms with van der Waals surface area (Å²) in [4.78, 5) is -0.273. The Bertz CT molecular complexity index is 792. The zero-order valence-electron chi connectivity index (χ0n) is 10.0. The lowest BCUT2D eigenvalue weighted by atomic mass is 10.3. The zero-order chi connectivity index (χ0) is 15.8. The second-order valence-corrected chi connectivity index (χ2v) is 8.13. The minimum absolute atomic E-state index is 0.0463. The van der Waals surface area contributed by atoms with E-state index in [2.05, 4.69) is 36.6 Å². The van der Waals surface area contributed by atoms with Crippen molar-refractivity contribution in [2.75, 3.05) is 4.72 Å². The summed E-state index contributed by atoms with van der Waals surface area (Å²) in [7, 11) is -4.06. The normalized spacial score (nSPS) is 11.5. The third kappa shape index (κ3) is 3.90. The van der Waals surface area contributed by atoms with Crippen LogP contribution in [0.25, 0.3) is 0 Å². The van der Waals surface area contributed by atoms with E-state index in [9.17, 15) is 12.8 Å². The second-order valence-electron chi connectivity index (χ2n) is 3.93. The Kier molecular flexibility index (Phi) is 5.20. The van der Waals surface area contributed by atoms with Gasteiger partial charge in [0.1, 0.15) is 10.7 Å². The molecule has 0 aliphatic carbocycles. The highest BCUT2D eigenvalue weighted by Gasteiger charge is 2.23. The Morgan fingerprint density at radius 2 is 1.62 bits per heavy atom. The van der Waals surface area contributed by atoms with Gasteiger partial charge in [0, 0.05) is 8.95 Å². The summed E-state index contributed by atoms with van der Waals surface area (Å²) >= 11 is 18.2. The van der Waals surface area contributed by atoms with E-state index in [4.69, 9.17) is 23.2 Å². The van der Waals surface area contributed by atoms with Crippen LogP contribution in [0.3, 0.4) is 0 Å². The van der Waals surface area contributed by atoms with E-state index >= 15 is 0 Å². The monoisotopic (exact) mass is 475 g/mol. The predicted molar refractivity (Wildman–Crippen MR) is 89.1 cm³/mol. The van der Waals surface area contributed by atoms with Crippen molar-refractivity contribution in [3.8, 4) is 0 Å². The summed E-state index contributed by atoms with van der Waals surface area (Å²) in [5, 5.41) is -0.0937. The molecule has 0 bridgehead atoms. The van der Waals surface area contributed by atoms with Crippen molar-refractivity contribution in [2.45, 2.75) is 4.90 Å². The van der Waals surface area contributed by atoms with E-state index in [0.717, 1.165) is 6.07 Å². The SMILES string of the molecule is O=S(=O)(Nc1cc(F)ccc1Br)c1c(Cl)cc(Br)cc1Cl. The molecule has 0 aromatic heterocycles. The van der Waals surface area contributed by atoms with Gasteiger partial charge >= 0.3 is 0 Å². The molecule has 0 amide bonds. The maximum Gasteiger partial charge on any atom is 0.264 e. The van der Waals surface area contributed by atoms with Gasteiger partial charge in [-0.1, -0.05) is 39.1 Å². The van der Waals surface area contributed by atoms with Gasteiger partial charge < -0.3 is 0 Å². The molecule has 0 saturated heterocycles. The van der Waals surface area contributed by atoms with E-state index in [1.807, 2.05) is 0 Å². The van der Waals surface area contributed by atoms with Crippen molar-refractivity contribution in [1.29, 1.82) is 0 Å². The number of hydrogen-bond acceptors (Lipinski definition) is 2. The summed E-state index contributed by atoms with van der Waals surface area (Å²) < 4.78 is 41.2. The number of rotatable bonds is 3. The third-order valence-electron chi connectivity index (χ3n) is 2.40. The molecule has 0 unspecified atom stereocenters. The minimum Gasteiger partial charge on any atom is -0.278 e. The lowest BCUT2D eigenvalue weighted by Gasteiger charge is -2.12. The van der Waals surface area contributed by atoms with Crippen molar-refractivity contribution in [2.24, 2.45) is 0 Å². The molecule has 3 nitrogen and oxygen atoms in total. The molecule has 0 radical (unpaired) electrons. The predicted octanol–water partition coefficient (Wildman–Crippen LogP) is 5.46. The topological polar surface area (TPSA) is 46.2 Å². The number of sulfonamides is 1. The van der Waals surface area contributed by atoms with Gasteiger partial charge in [0.05, 0.1) is 15.7 Å². The van der Waals surface area contributed by atoms with Gasteiger partial charge in [0.2, 0.25) is 0 Å². The summed E-state index contributed by atoms with van der Waals surface area (Å²) in [5.74, 6) is -0.580. The van der Waals surface area contributed by atoms with Crippen LogP contribution in [-0.2, 0) is 10.0 Å². The molecule has 9 heteroatoms. The summed E-state index contributed by atoms with van der Waals surface area (Å²) in [6.45, 7) is 0. The molecule has 2 rings (SSSR count). The van der Waals surface area contributed by atoms with Crippen molar-refractivity contribution < 1.29 is 12.8 Å². The average Bonchev–Trinajstić information content (AvgIpc) is 2.31. The number of nitrogens with one attached hydrogen (secondary N) is 1. The lowest BCUT2D eigenvalue weighted by Crippen LogP contribution is -2.14. The van der Waals surface area contributed by atoms with Crippen LogP contribution in [0.4, 0.5) is 10.1 Å². The largest absolute Gasteiger partial charge is 0.278 e. The maximum absolute atomic E-state index is 13.2. The molecule has 0 heterocycles. The van der Waals surface area contributed by atoms with Crippen LogP contribution in [0, 0.1) is 5.82 Å². The van der Waals surface area contributed by atoms with Crippen molar-refractivity contribution in [3.05, 3.63) is 55.1 Å². The van der Waals surface area contributed by atoms with Crippen LogP contribution >= 0.6 is 55.1 Å². The molecule has 0 spiro atoms. The van der Waals surface area contributed by atoms with Crippen LogP contribution < -0.4 is 4.72 Å². The van der Waals surface area contributed by atoms with E-state index in [-0.39, 0.29) is 20.6 Å². The Morgan fingerprint density at radius 1 is 1.05 bits per heavy atom. The number of hydrogen-bond donors (Lipinski definition) is 1. The van der Waals surface area contributed by atoms with Gasteiger partial charge in [0.25, 0.3) is 10.0 Å². The highest BCUT2D eigenvalue weighted by molar-refractivity contribution is 9.10. The molecule has 0 aliphatic rings. The maximum atomic E-state index is 13.2. The number of anilines is 1. The second kappa shape index (κ2) is 6.42. The van der Waals surface area contributed by atoms with Gasteiger partial charge in [-0.25, -0.2) is 12.8 Å². The smallest absolute Gasteiger partial charge is 0.264 e. The molecule has 2 aromatic rings. The molecule has 0 atom stereocenters. The van der Waals surface area contributed by atoms with Crippen molar-refractivity contribution >= 4 is 70.8 Å². The first-order valence-corrected chi connectivity index (χ1v) is 9.15. The fourth-order valence-electron chi connectivity index (χ4n) is 1.56. The molecular weight excluding hydrogens is 472 g/mol. The van der Waals surface area contributed by atoms with Gasteiger partial charge in [0.15, 0.2) is 0 Å². The van der Waals surface area contributed by atoms with Crippen LogP contribution in [-0.4, -0.2) is 8.42 Å². The molecule has 0 saturated carbocycles. The van der Waals surface area contributed by atoms with Gasteiger partial charge in [-0.15, -0.1) is 0 Å². The highest BCUT2D eigenvalue weighted by atomic mass is 79.9. The third-order valence-corrected chi connectivity index (χ3v) is 5.84. The minimum atomic E-state index is -4.06. The van der Waals surface area contributed by atoms with Crippen molar-refractivity contribution in [3.63, 3.8) is 0 Å². The molecule has 0 aliphatic heterocycles. The van der Waals surface area contributed by atoms with Gasteiger partial charge in [-0.2, -0.15) is 0 Å². The Balaban J connectivity index is 2.51.